The Morgan fingerprint density at radius 1 is 1.46 bits per heavy atom. The summed E-state index contributed by atoms with van der Waals surface area (Å²) in [7, 11) is 0. The van der Waals surface area contributed by atoms with Gasteiger partial charge in [0.25, 0.3) is 0 Å². The first-order chi connectivity index (χ1) is 6.38. The van der Waals surface area contributed by atoms with Crippen molar-refractivity contribution in [3.05, 3.63) is 18.2 Å². The van der Waals surface area contributed by atoms with Gasteiger partial charge in [-0.05, 0) is 19.3 Å². The van der Waals surface area contributed by atoms with Crippen molar-refractivity contribution in [1.29, 1.82) is 0 Å². The van der Waals surface area contributed by atoms with E-state index in [-0.39, 0.29) is 0 Å². The summed E-state index contributed by atoms with van der Waals surface area (Å²) in [6.45, 7) is 3.30. The number of aryl methyl sites for hydroxylation is 2. The first-order valence-electron chi connectivity index (χ1n) is 4.94. The molecule has 1 aromatic rings. The molecule has 0 bridgehead atoms. The number of rotatable bonds is 6. The predicted octanol–water partition coefficient (Wildman–Crippen LogP) is 3.01. The molecular weight excluding hydrogens is 228 g/mol. The number of aromatic nitrogens is 2. The first kappa shape index (κ1) is 10.8. The maximum atomic E-state index is 4.35. The van der Waals surface area contributed by atoms with E-state index in [4.69, 9.17) is 0 Å². The molecule has 1 rings (SSSR count). The zero-order valence-electron chi connectivity index (χ0n) is 8.17. The molecule has 0 aliphatic heterocycles. The van der Waals surface area contributed by atoms with Gasteiger partial charge in [-0.2, -0.15) is 0 Å². The van der Waals surface area contributed by atoms with E-state index in [1.807, 2.05) is 6.20 Å². The van der Waals surface area contributed by atoms with Crippen LogP contribution in [0.25, 0.3) is 0 Å². The van der Waals surface area contributed by atoms with Crippen molar-refractivity contribution in [2.45, 2.75) is 39.2 Å². The summed E-state index contributed by atoms with van der Waals surface area (Å²) in [4.78, 5) is 4.35. The van der Waals surface area contributed by atoms with Crippen molar-refractivity contribution in [1.82, 2.24) is 9.55 Å². The van der Waals surface area contributed by atoms with Crippen molar-refractivity contribution in [3.63, 3.8) is 0 Å². The van der Waals surface area contributed by atoms with Gasteiger partial charge in [0.05, 0.1) is 0 Å². The third-order valence-electron chi connectivity index (χ3n) is 2.05. The van der Waals surface area contributed by atoms with Crippen LogP contribution in [0.15, 0.2) is 12.4 Å². The van der Waals surface area contributed by atoms with Crippen LogP contribution in [0.4, 0.5) is 0 Å². The average Bonchev–Trinajstić information content (AvgIpc) is 2.54. The number of hydrogen-bond acceptors (Lipinski definition) is 1. The molecule has 3 heteroatoms. The Bertz CT molecular complexity index is 233. The van der Waals surface area contributed by atoms with Crippen LogP contribution in [0, 0.1) is 0 Å². The van der Waals surface area contributed by atoms with Crippen LogP contribution < -0.4 is 0 Å². The van der Waals surface area contributed by atoms with E-state index in [1.165, 1.54) is 25.1 Å². The third kappa shape index (κ3) is 3.51. The Morgan fingerprint density at radius 2 is 2.31 bits per heavy atom. The molecule has 1 aromatic heterocycles. The largest absolute Gasteiger partial charge is 0.335 e. The van der Waals surface area contributed by atoms with Gasteiger partial charge in [-0.3, -0.25) is 0 Å². The SMILES string of the molecule is CCCn1ccnc1CCCCBr. The van der Waals surface area contributed by atoms with Gasteiger partial charge in [0, 0.05) is 30.7 Å². The highest BCUT2D eigenvalue weighted by atomic mass is 79.9. The fourth-order valence-corrected chi connectivity index (χ4v) is 1.79. The van der Waals surface area contributed by atoms with Crippen molar-refractivity contribution in [2.75, 3.05) is 5.33 Å². The van der Waals surface area contributed by atoms with Gasteiger partial charge in [-0.15, -0.1) is 0 Å². The molecule has 0 unspecified atom stereocenters. The Balaban J connectivity index is 2.40. The molecular formula is C10H17BrN2. The Morgan fingerprint density at radius 3 is 3.00 bits per heavy atom. The van der Waals surface area contributed by atoms with Crippen LogP contribution in [-0.4, -0.2) is 14.9 Å². The number of imidazole rings is 1. The summed E-state index contributed by atoms with van der Waals surface area (Å²) < 4.78 is 2.26. The quantitative estimate of drug-likeness (QED) is 0.556. The lowest BCUT2D eigenvalue weighted by molar-refractivity contribution is 0.621. The maximum absolute atomic E-state index is 4.35. The number of nitrogens with zero attached hydrogens (tertiary/aromatic N) is 2. The lowest BCUT2D eigenvalue weighted by atomic mass is 10.2. The number of unbranched alkanes of at least 4 members (excludes halogenated alkanes) is 1. The van der Waals surface area contributed by atoms with Gasteiger partial charge < -0.3 is 4.57 Å². The summed E-state index contributed by atoms with van der Waals surface area (Å²) in [6, 6.07) is 0. The average molecular weight is 245 g/mol. The smallest absolute Gasteiger partial charge is 0.108 e. The van der Waals surface area contributed by atoms with Gasteiger partial charge in [0.2, 0.25) is 0 Å². The molecule has 0 radical (unpaired) electrons. The van der Waals surface area contributed by atoms with Gasteiger partial charge >= 0.3 is 0 Å². The van der Waals surface area contributed by atoms with Gasteiger partial charge in [0.15, 0.2) is 0 Å². The van der Waals surface area contributed by atoms with Gasteiger partial charge in [-0.1, -0.05) is 22.9 Å². The van der Waals surface area contributed by atoms with E-state index in [9.17, 15) is 0 Å². The van der Waals surface area contributed by atoms with Crippen LogP contribution >= 0.6 is 15.9 Å². The maximum Gasteiger partial charge on any atom is 0.108 e. The van der Waals surface area contributed by atoms with Gasteiger partial charge in [-0.25, -0.2) is 4.98 Å². The molecule has 1 heterocycles. The predicted molar refractivity (Wildman–Crippen MR) is 59.3 cm³/mol. The monoisotopic (exact) mass is 244 g/mol. The topological polar surface area (TPSA) is 17.8 Å². The summed E-state index contributed by atoms with van der Waals surface area (Å²) in [5.41, 5.74) is 0. The van der Waals surface area contributed by atoms with Crippen LogP contribution in [0.5, 0.6) is 0 Å². The molecule has 0 N–H and O–H groups in total. The van der Waals surface area contributed by atoms with E-state index < -0.39 is 0 Å². The van der Waals surface area contributed by atoms with E-state index in [0.29, 0.717) is 0 Å². The lowest BCUT2D eigenvalue weighted by Crippen LogP contribution is -2.02. The van der Waals surface area contributed by atoms with Crippen molar-refractivity contribution < 1.29 is 0 Å². The summed E-state index contributed by atoms with van der Waals surface area (Å²) in [6.07, 6.45) is 8.73. The van der Waals surface area contributed by atoms with E-state index in [2.05, 4.69) is 38.6 Å². The minimum atomic E-state index is 1.10. The standard InChI is InChI=1S/C10H17BrN2/c1-2-8-13-9-7-12-10(13)5-3-4-6-11/h7,9H,2-6,8H2,1H3. The highest BCUT2D eigenvalue weighted by Crippen LogP contribution is 2.05. The van der Waals surface area contributed by atoms with Crippen molar-refractivity contribution in [2.24, 2.45) is 0 Å². The fourth-order valence-electron chi connectivity index (χ4n) is 1.39. The molecule has 0 atom stereocenters. The molecule has 74 valence electrons. The molecule has 13 heavy (non-hydrogen) atoms. The lowest BCUT2D eigenvalue weighted by Gasteiger charge is -2.04. The molecule has 0 aliphatic rings. The zero-order chi connectivity index (χ0) is 9.52. The zero-order valence-corrected chi connectivity index (χ0v) is 9.76. The number of alkyl halides is 1. The molecule has 0 aliphatic carbocycles. The summed E-state index contributed by atoms with van der Waals surface area (Å²) in [5, 5.41) is 1.10. The molecule has 0 aromatic carbocycles. The van der Waals surface area contributed by atoms with Crippen LogP contribution in [0.3, 0.4) is 0 Å². The molecule has 2 nitrogen and oxygen atoms in total. The van der Waals surface area contributed by atoms with E-state index >= 15 is 0 Å². The Kier molecular flexibility index (Phi) is 5.13. The number of hydrogen-bond donors (Lipinski definition) is 0. The first-order valence-corrected chi connectivity index (χ1v) is 6.06. The molecule has 0 fully saturated rings. The second kappa shape index (κ2) is 6.19. The summed E-state index contributed by atoms with van der Waals surface area (Å²) in [5.74, 6) is 1.24. The van der Waals surface area contributed by atoms with Gasteiger partial charge in [0.1, 0.15) is 5.82 Å². The van der Waals surface area contributed by atoms with Crippen molar-refractivity contribution >= 4 is 15.9 Å². The summed E-state index contributed by atoms with van der Waals surface area (Å²) >= 11 is 3.44. The number of halogens is 1. The van der Waals surface area contributed by atoms with Crippen LogP contribution in [0.1, 0.15) is 32.0 Å². The Labute approximate surface area is 88.5 Å². The van der Waals surface area contributed by atoms with E-state index in [1.54, 1.807) is 0 Å². The van der Waals surface area contributed by atoms with Crippen molar-refractivity contribution in [3.8, 4) is 0 Å². The molecule has 0 saturated carbocycles. The molecule has 0 amide bonds. The minimum Gasteiger partial charge on any atom is -0.335 e. The highest BCUT2D eigenvalue weighted by molar-refractivity contribution is 9.09. The normalized spacial score (nSPS) is 10.6. The van der Waals surface area contributed by atoms with E-state index in [0.717, 1.165) is 18.3 Å². The minimum absolute atomic E-state index is 1.10. The van der Waals surface area contributed by atoms with Crippen LogP contribution in [0.2, 0.25) is 0 Å². The third-order valence-corrected chi connectivity index (χ3v) is 2.61. The molecule has 0 spiro atoms. The molecule has 0 saturated heterocycles. The second-order valence-corrected chi connectivity index (χ2v) is 3.98. The fraction of sp³-hybridized carbons (Fsp3) is 0.700. The highest BCUT2D eigenvalue weighted by Gasteiger charge is 2.00. The second-order valence-electron chi connectivity index (χ2n) is 3.18. The van der Waals surface area contributed by atoms with Crippen LogP contribution in [-0.2, 0) is 13.0 Å². The Hall–Kier alpha value is -0.310.